The summed E-state index contributed by atoms with van der Waals surface area (Å²) in [6.45, 7) is 4.69. The number of hydrogen-bond acceptors (Lipinski definition) is 6. The number of rotatable bonds is 7. The quantitative estimate of drug-likeness (QED) is 0.526. The lowest BCUT2D eigenvalue weighted by Crippen LogP contribution is -2.09. The molecule has 0 radical (unpaired) electrons. The van der Waals surface area contributed by atoms with E-state index in [1.54, 1.807) is 12.4 Å². The fourth-order valence-electron chi connectivity index (χ4n) is 2.67. The number of hydrogen-bond donors (Lipinski definition) is 3. The molecule has 6 nitrogen and oxygen atoms in total. The molecule has 2 heterocycles. The third kappa shape index (κ3) is 4.72. The Morgan fingerprint density at radius 1 is 1.15 bits per heavy atom. The van der Waals surface area contributed by atoms with E-state index in [0.717, 1.165) is 28.1 Å². The maximum absolute atomic E-state index is 9.00. The smallest absolute Gasteiger partial charge is 0.225 e. The summed E-state index contributed by atoms with van der Waals surface area (Å²) < 4.78 is 0. The summed E-state index contributed by atoms with van der Waals surface area (Å²) in [7, 11) is 0. The van der Waals surface area contributed by atoms with Crippen molar-refractivity contribution in [3.63, 3.8) is 0 Å². The Balaban J connectivity index is 1.99. The topological polar surface area (TPSA) is 83.0 Å². The van der Waals surface area contributed by atoms with Crippen LogP contribution in [0, 0.1) is 13.8 Å². The van der Waals surface area contributed by atoms with Crippen molar-refractivity contribution in [2.24, 2.45) is 0 Å². The molecule has 0 atom stereocenters. The summed E-state index contributed by atoms with van der Waals surface area (Å²) in [5.74, 6) is 1.15. The molecule has 0 saturated heterocycles. The first-order chi connectivity index (χ1) is 13.1. The molecule has 3 aromatic rings. The predicted molar refractivity (Wildman–Crippen MR) is 110 cm³/mol. The molecule has 0 fully saturated rings. The summed E-state index contributed by atoms with van der Waals surface area (Å²) >= 11 is 6.28. The van der Waals surface area contributed by atoms with Gasteiger partial charge in [-0.3, -0.25) is 4.98 Å². The van der Waals surface area contributed by atoms with Gasteiger partial charge in [0.15, 0.2) is 0 Å². The average molecular weight is 384 g/mol. The number of nitrogens with zero attached hydrogens (tertiary/aromatic N) is 3. The highest BCUT2D eigenvalue weighted by atomic mass is 35.5. The third-order valence-corrected chi connectivity index (χ3v) is 4.57. The Kier molecular flexibility index (Phi) is 6.21. The standard InChI is InChI=1S/C20H22ClN5O/c1-13-6-7-16(21)14(2)19(13)25-18-11-17(15-5-3-8-22-12-15)24-20(26-18)23-9-4-10-27/h3,5-8,11-12,27H,4,9-10H2,1-2H3,(H2,23,24,25,26). The van der Waals surface area contributed by atoms with Gasteiger partial charge < -0.3 is 15.7 Å². The van der Waals surface area contributed by atoms with E-state index >= 15 is 0 Å². The Hall–Kier alpha value is -2.70. The Bertz CT molecular complexity index is 918. The highest BCUT2D eigenvalue weighted by Gasteiger charge is 2.11. The maximum Gasteiger partial charge on any atom is 0.225 e. The summed E-state index contributed by atoms with van der Waals surface area (Å²) in [5, 5.41) is 16.2. The largest absolute Gasteiger partial charge is 0.396 e. The van der Waals surface area contributed by atoms with Crippen LogP contribution in [0.25, 0.3) is 11.3 Å². The van der Waals surface area contributed by atoms with E-state index in [0.29, 0.717) is 29.8 Å². The second-order valence-corrected chi connectivity index (χ2v) is 6.60. The Labute approximate surface area is 163 Å². The van der Waals surface area contributed by atoms with Gasteiger partial charge in [-0.25, -0.2) is 4.98 Å². The third-order valence-electron chi connectivity index (χ3n) is 4.16. The summed E-state index contributed by atoms with van der Waals surface area (Å²) in [6, 6.07) is 9.57. The second kappa shape index (κ2) is 8.79. The van der Waals surface area contributed by atoms with E-state index in [-0.39, 0.29) is 6.61 Å². The van der Waals surface area contributed by atoms with Gasteiger partial charge in [0.2, 0.25) is 5.95 Å². The van der Waals surface area contributed by atoms with Crippen LogP contribution in [0.5, 0.6) is 0 Å². The molecule has 0 amide bonds. The Morgan fingerprint density at radius 3 is 2.74 bits per heavy atom. The molecule has 0 aliphatic heterocycles. The molecule has 0 aliphatic rings. The minimum Gasteiger partial charge on any atom is -0.396 e. The van der Waals surface area contributed by atoms with Crippen molar-refractivity contribution in [1.82, 2.24) is 15.0 Å². The minimum absolute atomic E-state index is 0.112. The number of aromatic nitrogens is 3. The number of halogens is 1. The van der Waals surface area contributed by atoms with Gasteiger partial charge in [-0.2, -0.15) is 4.98 Å². The number of benzene rings is 1. The minimum atomic E-state index is 0.112. The van der Waals surface area contributed by atoms with Crippen LogP contribution in [0.2, 0.25) is 5.02 Å². The van der Waals surface area contributed by atoms with E-state index in [9.17, 15) is 0 Å². The first kappa shape index (κ1) is 19.1. The van der Waals surface area contributed by atoms with Crippen LogP contribution in [0.15, 0.2) is 42.7 Å². The predicted octanol–water partition coefficient (Wildman–Crippen LogP) is 4.35. The first-order valence-corrected chi connectivity index (χ1v) is 9.13. The lowest BCUT2D eigenvalue weighted by Gasteiger charge is -2.15. The second-order valence-electron chi connectivity index (χ2n) is 6.20. The van der Waals surface area contributed by atoms with E-state index in [1.165, 1.54) is 0 Å². The summed E-state index contributed by atoms with van der Waals surface area (Å²) in [4.78, 5) is 13.3. The molecule has 0 spiro atoms. The van der Waals surface area contributed by atoms with Crippen molar-refractivity contribution in [3.8, 4) is 11.3 Å². The fraction of sp³-hybridized carbons (Fsp3) is 0.250. The monoisotopic (exact) mass is 383 g/mol. The summed E-state index contributed by atoms with van der Waals surface area (Å²) in [5.41, 5.74) is 4.62. The molecule has 7 heteroatoms. The van der Waals surface area contributed by atoms with Gasteiger partial charge in [-0.15, -0.1) is 0 Å². The maximum atomic E-state index is 9.00. The van der Waals surface area contributed by atoms with Crippen LogP contribution in [0.4, 0.5) is 17.5 Å². The molecule has 0 unspecified atom stereocenters. The Morgan fingerprint density at radius 2 is 2.00 bits per heavy atom. The van der Waals surface area contributed by atoms with Gasteiger partial charge in [-0.05, 0) is 49.6 Å². The molecular weight excluding hydrogens is 362 g/mol. The van der Waals surface area contributed by atoms with Crippen LogP contribution in [0.1, 0.15) is 17.5 Å². The van der Waals surface area contributed by atoms with Crippen LogP contribution >= 0.6 is 11.6 Å². The van der Waals surface area contributed by atoms with Gasteiger partial charge in [0.25, 0.3) is 0 Å². The van der Waals surface area contributed by atoms with Crippen molar-refractivity contribution in [2.45, 2.75) is 20.3 Å². The van der Waals surface area contributed by atoms with E-state index in [4.69, 9.17) is 16.7 Å². The molecule has 2 aromatic heterocycles. The molecule has 3 N–H and O–H groups in total. The average Bonchev–Trinajstić information content (AvgIpc) is 2.69. The van der Waals surface area contributed by atoms with Crippen LogP contribution in [-0.2, 0) is 0 Å². The lowest BCUT2D eigenvalue weighted by molar-refractivity contribution is 0.292. The summed E-state index contributed by atoms with van der Waals surface area (Å²) in [6.07, 6.45) is 4.11. The van der Waals surface area contributed by atoms with Gasteiger partial charge in [0.05, 0.1) is 5.69 Å². The van der Waals surface area contributed by atoms with Gasteiger partial charge in [-0.1, -0.05) is 17.7 Å². The number of aliphatic hydroxyl groups excluding tert-OH is 1. The molecule has 1 aromatic carbocycles. The zero-order chi connectivity index (χ0) is 19.2. The normalized spacial score (nSPS) is 10.7. The molecule has 3 rings (SSSR count). The number of pyridine rings is 1. The van der Waals surface area contributed by atoms with Crippen molar-refractivity contribution in [2.75, 3.05) is 23.8 Å². The van der Waals surface area contributed by atoms with Gasteiger partial charge in [0.1, 0.15) is 5.82 Å². The number of aryl methyl sites for hydroxylation is 1. The molecular formula is C20H22ClN5O. The van der Waals surface area contributed by atoms with Crippen LogP contribution in [-0.4, -0.2) is 33.2 Å². The van der Waals surface area contributed by atoms with Gasteiger partial charge in [0, 0.05) is 47.9 Å². The van der Waals surface area contributed by atoms with E-state index in [1.807, 2.05) is 44.2 Å². The fourth-order valence-corrected chi connectivity index (χ4v) is 2.83. The first-order valence-electron chi connectivity index (χ1n) is 8.75. The van der Waals surface area contributed by atoms with Crippen molar-refractivity contribution >= 4 is 29.1 Å². The van der Waals surface area contributed by atoms with Gasteiger partial charge >= 0.3 is 0 Å². The SMILES string of the molecule is Cc1ccc(Cl)c(C)c1Nc1cc(-c2cccnc2)nc(NCCCO)n1. The highest BCUT2D eigenvalue weighted by molar-refractivity contribution is 6.31. The molecule has 0 aliphatic carbocycles. The van der Waals surface area contributed by atoms with E-state index in [2.05, 4.69) is 25.6 Å². The number of anilines is 3. The number of aliphatic hydroxyl groups is 1. The van der Waals surface area contributed by atoms with E-state index < -0.39 is 0 Å². The molecule has 0 saturated carbocycles. The molecule has 27 heavy (non-hydrogen) atoms. The molecule has 0 bridgehead atoms. The molecule has 140 valence electrons. The number of nitrogens with one attached hydrogen (secondary N) is 2. The van der Waals surface area contributed by atoms with Crippen molar-refractivity contribution in [1.29, 1.82) is 0 Å². The van der Waals surface area contributed by atoms with Crippen LogP contribution in [0.3, 0.4) is 0 Å². The van der Waals surface area contributed by atoms with Crippen LogP contribution < -0.4 is 10.6 Å². The zero-order valence-electron chi connectivity index (χ0n) is 15.3. The van der Waals surface area contributed by atoms with Crippen molar-refractivity contribution < 1.29 is 5.11 Å². The highest BCUT2D eigenvalue weighted by Crippen LogP contribution is 2.30. The lowest BCUT2D eigenvalue weighted by atomic mass is 10.1. The van der Waals surface area contributed by atoms with Crippen molar-refractivity contribution in [3.05, 3.63) is 58.9 Å². The zero-order valence-corrected chi connectivity index (χ0v) is 16.1.